The van der Waals surface area contributed by atoms with Gasteiger partial charge in [0, 0.05) is 13.1 Å². The molecule has 0 spiro atoms. The summed E-state index contributed by atoms with van der Waals surface area (Å²) in [7, 11) is 1.61. The largest absolute Gasteiger partial charge is 0.497 e. The maximum absolute atomic E-state index is 12.9. The molecule has 0 bridgehead atoms. The number of tetrazole rings is 1. The zero-order chi connectivity index (χ0) is 20.0. The number of rotatable bonds is 7. The predicted molar refractivity (Wildman–Crippen MR) is 99.4 cm³/mol. The van der Waals surface area contributed by atoms with Crippen LogP contribution >= 0.6 is 0 Å². The van der Waals surface area contributed by atoms with E-state index in [0.29, 0.717) is 32.5 Å². The molecule has 0 aliphatic carbocycles. The van der Waals surface area contributed by atoms with Gasteiger partial charge in [-0.05, 0) is 54.3 Å². The topological polar surface area (TPSA) is 99.4 Å². The van der Waals surface area contributed by atoms with E-state index in [-0.39, 0.29) is 18.4 Å². The molecule has 1 atom stereocenters. The highest BCUT2D eigenvalue weighted by atomic mass is 16.5. The summed E-state index contributed by atoms with van der Waals surface area (Å²) in [5.41, 5.74) is 0.193. The number of aromatic nitrogens is 4. The molecule has 2 aromatic rings. The lowest BCUT2D eigenvalue weighted by atomic mass is 9.75. The number of piperidine rings is 1. The van der Waals surface area contributed by atoms with E-state index in [2.05, 4.69) is 15.5 Å². The molecular weight excluding hydrogens is 362 g/mol. The third kappa shape index (κ3) is 4.47. The van der Waals surface area contributed by atoms with Gasteiger partial charge >= 0.3 is 5.97 Å². The molecule has 2 heterocycles. The van der Waals surface area contributed by atoms with Crippen molar-refractivity contribution in [1.29, 1.82) is 0 Å². The average molecular weight is 387 g/mol. The molecule has 1 aliphatic heterocycles. The predicted octanol–water partition coefficient (Wildman–Crippen LogP) is 1.10. The van der Waals surface area contributed by atoms with Gasteiger partial charge in [-0.15, -0.1) is 5.10 Å². The Labute approximate surface area is 163 Å². The fraction of sp³-hybridized carbons (Fsp3) is 0.526. The molecule has 0 N–H and O–H groups in total. The van der Waals surface area contributed by atoms with Crippen LogP contribution in [0.25, 0.3) is 0 Å². The van der Waals surface area contributed by atoms with Gasteiger partial charge in [-0.2, -0.15) is 0 Å². The van der Waals surface area contributed by atoms with E-state index in [9.17, 15) is 9.59 Å². The summed E-state index contributed by atoms with van der Waals surface area (Å²) >= 11 is 0. The summed E-state index contributed by atoms with van der Waals surface area (Å²) in [5.74, 6) is 0.350. The molecule has 1 aliphatic rings. The van der Waals surface area contributed by atoms with Crippen LogP contribution in [0, 0.1) is 5.41 Å². The zero-order valence-corrected chi connectivity index (χ0v) is 16.2. The molecular formula is C19H25N5O4. The molecule has 1 amide bonds. The van der Waals surface area contributed by atoms with Gasteiger partial charge in [0.25, 0.3) is 0 Å². The van der Waals surface area contributed by atoms with Crippen molar-refractivity contribution >= 4 is 11.9 Å². The minimum Gasteiger partial charge on any atom is -0.497 e. The number of nitrogens with zero attached hydrogens (tertiary/aromatic N) is 5. The molecule has 28 heavy (non-hydrogen) atoms. The summed E-state index contributed by atoms with van der Waals surface area (Å²) in [4.78, 5) is 27.4. The average Bonchev–Trinajstić information content (AvgIpc) is 3.21. The number of methoxy groups -OCH3 is 1. The molecule has 1 fully saturated rings. The van der Waals surface area contributed by atoms with Gasteiger partial charge in [-0.1, -0.05) is 12.1 Å². The molecule has 9 heteroatoms. The van der Waals surface area contributed by atoms with E-state index in [1.54, 1.807) is 18.9 Å². The number of hydrogen-bond donors (Lipinski definition) is 0. The second kappa shape index (κ2) is 8.81. The highest BCUT2D eigenvalue weighted by molar-refractivity contribution is 5.81. The number of likely N-dealkylation sites (tertiary alicyclic amines) is 1. The highest BCUT2D eigenvalue weighted by Crippen LogP contribution is 2.36. The van der Waals surface area contributed by atoms with Gasteiger partial charge in [0.1, 0.15) is 18.6 Å². The van der Waals surface area contributed by atoms with Gasteiger partial charge < -0.3 is 14.4 Å². The van der Waals surface area contributed by atoms with Crippen molar-refractivity contribution in [3.8, 4) is 5.75 Å². The van der Waals surface area contributed by atoms with Crippen LogP contribution in [0.5, 0.6) is 5.75 Å². The smallest absolute Gasteiger partial charge is 0.314 e. The Bertz CT molecular complexity index is 810. The van der Waals surface area contributed by atoms with E-state index < -0.39 is 5.41 Å². The lowest BCUT2D eigenvalue weighted by Gasteiger charge is -2.41. The second-order valence-corrected chi connectivity index (χ2v) is 6.96. The molecule has 9 nitrogen and oxygen atoms in total. The van der Waals surface area contributed by atoms with Crippen LogP contribution in [0.3, 0.4) is 0 Å². The van der Waals surface area contributed by atoms with Crippen LogP contribution in [0.15, 0.2) is 30.6 Å². The highest BCUT2D eigenvalue weighted by Gasteiger charge is 2.44. The van der Waals surface area contributed by atoms with Crippen molar-refractivity contribution in [2.45, 2.75) is 32.7 Å². The summed E-state index contributed by atoms with van der Waals surface area (Å²) < 4.78 is 12.1. The maximum atomic E-state index is 12.9. The monoisotopic (exact) mass is 387 g/mol. The first kappa shape index (κ1) is 19.8. The van der Waals surface area contributed by atoms with Crippen molar-refractivity contribution in [1.82, 2.24) is 25.1 Å². The van der Waals surface area contributed by atoms with Gasteiger partial charge in [0.2, 0.25) is 5.91 Å². The first-order valence-electron chi connectivity index (χ1n) is 9.35. The van der Waals surface area contributed by atoms with Crippen molar-refractivity contribution < 1.29 is 19.1 Å². The van der Waals surface area contributed by atoms with Crippen molar-refractivity contribution in [3.63, 3.8) is 0 Å². The number of esters is 1. The summed E-state index contributed by atoms with van der Waals surface area (Å²) in [5, 5.41) is 10.8. The zero-order valence-electron chi connectivity index (χ0n) is 16.2. The lowest BCUT2D eigenvalue weighted by molar-refractivity contribution is -0.161. The van der Waals surface area contributed by atoms with Crippen LogP contribution in [0.1, 0.15) is 25.3 Å². The quantitative estimate of drug-likeness (QED) is 0.656. The third-order valence-electron chi connectivity index (χ3n) is 5.00. The van der Waals surface area contributed by atoms with Gasteiger partial charge in [0.15, 0.2) is 0 Å². The molecule has 1 unspecified atom stereocenters. The van der Waals surface area contributed by atoms with Crippen LogP contribution in [-0.2, 0) is 27.3 Å². The number of carbonyl (C=O) groups excluding carboxylic acids is 2. The fourth-order valence-corrected chi connectivity index (χ4v) is 3.68. The molecule has 0 radical (unpaired) electrons. The lowest BCUT2D eigenvalue weighted by Crippen LogP contribution is -2.52. The standard InChI is InChI=1S/C19H25N5O4/c1-3-28-18(26)19(11-15-6-4-7-16(10-15)27-2)8-5-9-23(13-19)17(25)12-24-14-20-21-22-24/h4,6-7,10,14H,3,5,8-9,11-13H2,1-2H3. The van der Waals surface area contributed by atoms with E-state index in [1.165, 1.54) is 11.0 Å². The number of carbonyl (C=O) groups is 2. The first-order valence-corrected chi connectivity index (χ1v) is 9.35. The number of hydrogen-bond acceptors (Lipinski definition) is 7. The minimum atomic E-state index is -0.781. The summed E-state index contributed by atoms with van der Waals surface area (Å²) in [6, 6.07) is 7.65. The van der Waals surface area contributed by atoms with Gasteiger partial charge in [-0.3, -0.25) is 9.59 Å². The van der Waals surface area contributed by atoms with Crippen LogP contribution in [-0.4, -0.2) is 63.8 Å². The van der Waals surface area contributed by atoms with Gasteiger partial charge in [-0.25, -0.2) is 4.68 Å². The summed E-state index contributed by atoms with van der Waals surface area (Å²) in [6.07, 6.45) is 3.27. The van der Waals surface area contributed by atoms with Crippen LogP contribution in [0.4, 0.5) is 0 Å². The Kier molecular flexibility index (Phi) is 6.23. The van der Waals surface area contributed by atoms with Crippen molar-refractivity contribution in [2.24, 2.45) is 5.41 Å². The van der Waals surface area contributed by atoms with E-state index in [4.69, 9.17) is 9.47 Å². The normalized spacial score (nSPS) is 19.3. The van der Waals surface area contributed by atoms with Crippen molar-refractivity contribution in [3.05, 3.63) is 36.2 Å². The third-order valence-corrected chi connectivity index (χ3v) is 5.00. The molecule has 3 rings (SSSR count). The number of benzene rings is 1. The number of amides is 1. The second-order valence-electron chi connectivity index (χ2n) is 6.96. The molecule has 1 aromatic carbocycles. The minimum absolute atomic E-state index is 0.0467. The first-order chi connectivity index (χ1) is 13.6. The Balaban J connectivity index is 1.81. The van der Waals surface area contributed by atoms with Crippen LogP contribution < -0.4 is 4.74 Å². The Morgan fingerprint density at radius 1 is 1.32 bits per heavy atom. The maximum Gasteiger partial charge on any atom is 0.314 e. The Hall–Kier alpha value is -2.97. The fourth-order valence-electron chi connectivity index (χ4n) is 3.68. The molecule has 1 saturated heterocycles. The van der Waals surface area contributed by atoms with Gasteiger partial charge in [0.05, 0.1) is 19.1 Å². The summed E-state index contributed by atoms with van der Waals surface area (Å²) in [6.45, 7) is 3.05. The van der Waals surface area contributed by atoms with E-state index in [1.807, 2.05) is 24.3 Å². The number of ether oxygens (including phenoxy) is 2. The SMILES string of the molecule is CCOC(=O)C1(Cc2cccc(OC)c2)CCCN(C(=O)Cn2cnnn2)C1. The Morgan fingerprint density at radius 3 is 2.89 bits per heavy atom. The Morgan fingerprint density at radius 2 is 2.18 bits per heavy atom. The molecule has 0 saturated carbocycles. The molecule has 150 valence electrons. The van der Waals surface area contributed by atoms with Crippen LogP contribution in [0.2, 0.25) is 0 Å². The molecule has 1 aromatic heterocycles. The van der Waals surface area contributed by atoms with Crippen molar-refractivity contribution in [2.75, 3.05) is 26.8 Å². The van der Waals surface area contributed by atoms with E-state index in [0.717, 1.165) is 17.7 Å². The van der Waals surface area contributed by atoms with E-state index >= 15 is 0 Å².